The summed E-state index contributed by atoms with van der Waals surface area (Å²) in [4.78, 5) is 0.296. The van der Waals surface area contributed by atoms with E-state index >= 15 is 0 Å². The minimum atomic E-state index is -3.54. The van der Waals surface area contributed by atoms with Gasteiger partial charge < -0.3 is 0 Å². The van der Waals surface area contributed by atoms with Crippen LogP contribution in [0.4, 0.5) is 4.39 Å². The fourth-order valence-electron chi connectivity index (χ4n) is 2.32. The van der Waals surface area contributed by atoms with Crippen LogP contribution in [0, 0.1) is 19.7 Å². The molecule has 0 aromatic heterocycles. The number of benzene rings is 2. The Labute approximate surface area is 131 Å². The van der Waals surface area contributed by atoms with Gasteiger partial charge in [-0.3, -0.25) is 0 Å². The third-order valence-electron chi connectivity index (χ3n) is 3.64. The largest absolute Gasteiger partial charge is 0.240 e. The van der Waals surface area contributed by atoms with Crippen molar-refractivity contribution in [2.75, 3.05) is 6.54 Å². The van der Waals surface area contributed by atoms with E-state index in [0.29, 0.717) is 4.90 Å². The first-order valence-corrected chi connectivity index (χ1v) is 8.60. The second-order valence-corrected chi connectivity index (χ2v) is 7.31. The zero-order valence-electron chi connectivity index (χ0n) is 12.9. The van der Waals surface area contributed by atoms with Crippen LogP contribution < -0.4 is 4.72 Å². The maximum Gasteiger partial charge on any atom is 0.240 e. The molecule has 5 heteroatoms. The van der Waals surface area contributed by atoms with Crippen molar-refractivity contribution in [2.45, 2.75) is 31.6 Å². The SMILES string of the molecule is Cc1ccc(S(=O)(=O)NCC(C)c2ccc(F)cc2)c(C)c1. The van der Waals surface area contributed by atoms with E-state index in [1.54, 1.807) is 31.2 Å². The van der Waals surface area contributed by atoms with Gasteiger partial charge in [0.1, 0.15) is 5.82 Å². The first-order valence-electron chi connectivity index (χ1n) is 7.12. The number of sulfonamides is 1. The van der Waals surface area contributed by atoms with Crippen LogP contribution in [0.2, 0.25) is 0 Å². The Bertz CT molecular complexity index is 755. The van der Waals surface area contributed by atoms with Gasteiger partial charge in [0.25, 0.3) is 0 Å². The molecule has 2 aromatic rings. The topological polar surface area (TPSA) is 46.2 Å². The molecule has 2 rings (SSSR count). The molecule has 0 aliphatic carbocycles. The van der Waals surface area contributed by atoms with Crippen molar-refractivity contribution in [2.24, 2.45) is 0 Å². The van der Waals surface area contributed by atoms with Crippen LogP contribution in [-0.4, -0.2) is 15.0 Å². The van der Waals surface area contributed by atoms with Gasteiger partial charge >= 0.3 is 0 Å². The van der Waals surface area contributed by atoms with Crippen molar-refractivity contribution in [3.05, 3.63) is 65.0 Å². The number of hydrogen-bond acceptors (Lipinski definition) is 2. The molecule has 0 saturated heterocycles. The summed E-state index contributed by atoms with van der Waals surface area (Å²) < 4.78 is 40.3. The average molecular weight is 321 g/mol. The Balaban J connectivity index is 2.10. The van der Waals surface area contributed by atoms with E-state index in [1.165, 1.54) is 12.1 Å². The fraction of sp³-hybridized carbons (Fsp3) is 0.294. The van der Waals surface area contributed by atoms with Crippen LogP contribution in [0.3, 0.4) is 0 Å². The molecule has 22 heavy (non-hydrogen) atoms. The molecule has 1 N–H and O–H groups in total. The van der Waals surface area contributed by atoms with Crippen molar-refractivity contribution in [3.8, 4) is 0 Å². The lowest BCUT2D eigenvalue weighted by molar-refractivity contribution is 0.574. The van der Waals surface area contributed by atoms with Gasteiger partial charge in [-0.05, 0) is 49.1 Å². The van der Waals surface area contributed by atoms with Gasteiger partial charge in [-0.2, -0.15) is 0 Å². The molecule has 3 nitrogen and oxygen atoms in total. The standard InChI is InChI=1S/C17H20FNO2S/c1-12-4-9-17(13(2)10-12)22(20,21)19-11-14(3)15-5-7-16(18)8-6-15/h4-10,14,19H,11H2,1-3H3. The van der Waals surface area contributed by atoms with Crippen molar-refractivity contribution in [1.29, 1.82) is 0 Å². The molecule has 0 bridgehead atoms. The molecule has 0 amide bonds. The quantitative estimate of drug-likeness (QED) is 0.916. The molecular weight excluding hydrogens is 301 g/mol. The molecule has 0 saturated carbocycles. The summed E-state index contributed by atoms with van der Waals surface area (Å²) in [6, 6.07) is 11.4. The first-order chi connectivity index (χ1) is 10.3. The Morgan fingerprint density at radius 2 is 1.73 bits per heavy atom. The minimum absolute atomic E-state index is 0.0406. The minimum Gasteiger partial charge on any atom is -0.211 e. The highest BCUT2D eigenvalue weighted by molar-refractivity contribution is 7.89. The van der Waals surface area contributed by atoms with Gasteiger partial charge in [0.15, 0.2) is 0 Å². The maximum atomic E-state index is 12.9. The normalized spacial score (nSPS) is 13.1. The molecule has 2 aromatic carbocycles. The van der Waals surface area contributed by atoms with Gasteiger partial charge in [-0.25, -0.2) is 17.5 Å². The van der Waals surface area contributed by atoms with Crippen molar-refractivity contribution in [3.63, 3.8) is 0 Å². The lowest BCUT2D eigenvalue weighted by Gasteiger charge is -2.14. The summed E-state index contributed by atoms with van der Waals surface area (Å²) in [6.45, 7) is 5.87. The smallest absolute Gasteiger partial charge is 0.211 e. The van der Waals surface area contributed by atoms with Crippen molar-refractivity contribution >= 4 is 10.0 Å². The Hall–Kier alpha value is -1.72. The Kier molecular flexibility index (Phi) is 4.98. The van der Waals surface area contributed by atoms with E-state index in [0.717, 1.165) is 16.7 Å². The average Bonchev–Trinajstić information content (AvgIpc) is 2.45. The molecule has 0 heterocycles. The van der Waals surface area contributed by atoms with E-state index in [4.69, 9.17) is 0 Å². The molecular formula is C17H20FNO2S. The van der Waals surface area contributed by atoms with Gasteiger partial charge in [0.2, 0.25) is 10.0 Å². The molecule has 0 aliphatic heterocycles. The Morgan fingerprint density at radius 1 is 1.09 bits per heavy atom. The van der Waals surface area contributed by atoms with Crippen molar-refractivity contribution < 1.29 is 12.8 Å². The van der Waals surface area contributed by atoms with Crippen LogP contribution >= 0.6 is 0 Å². The second-order valence-electron chi connectivity index (χ2n) is 5.57. The summed E-state index contributed by atoms with van der Waals surface area (Å²) in [5.41, 5.74) is 2.64. The summed E-state index contributed by atoms with van der Waals surface area (Å²) in [7, 11) is -3.54. The van der Waals surface area contributed by atoms with Crippen molar-refractivity contribution in [1.82, 2.24) is 4.72 Å². The third kappa shape index (κ3) is 3.93. The summed E-state index contributed by atoms with van der Waals surface area (Å²) in [5.74, 6) is -0.340. The Morgan fingerprint density at radius 3 is 2.32 bits per heavy atom. The zero-order valence-corrected chi connectivity index (χ0v) is 13.7. The van der Waals surface area contributed by atoms with Crippen LogP contribution in [0.1, 0.15) is 29.5 Å². The van der Waals surface area contributed by atoms with E-state index in [2.05, 4.69) is 4.72 Å². The fourth-order valence-corrected chi connectivity index (χ4v) is 3.68. The van der Waals surface area contributed by atoms with Crippen LogP contribution in [0.25, 0.3) is 0 Å². The monoisotopic (exact) mass is 321 g/mol. The second kappa shape index (κ2) is 6.58. The van der Waals surface area contributed by atoms with E-state index in [-0.39, 0.29) is 18.3 Å². The summed E-state index contributed by atoms with van der Waals surface area (Å²) in [6.07, 6.45) is 0. The predicted octanol–water partition coefficient (Wildman–Crippen LogP) is 3.52. The number of hydrogen-bond donors (Lipinski definition) is 1. The molecule has 1 atom stereocenters. The lowest BCUT2D eigenvalue weighted by Crippen LogP contribution is -2.28. The number of rotatable bonds is 5. The molecule has 0 aliphatic rings. The highest BCUT2D eigenvalue weighted by Gasteiger charge is 2.18. The van der Waals surface area contributed by atoms with Gasteiger partial charge in [-0.15, -0.1) is 0 Å². The molecule has 1 unspecified atom stereocenters. The highest BCUT2D eigenvalue weighted by atomic mass is 32.2. The van der Waals surface area contributed by atoms with Crippen LogP contribution in [0.5, 0.6) is 0 Å². The first kappa shape index (κ1) is 16.6. The predicted molar refractivity (Wildman–Crippen MR) is 85.9 cm³/mol. The molecule has 0 radical (unpaired) electrons. The van der Waals surface area contributed by atoms with Crippen LogP contribution in [0.15, 0.2) is 47.4 Å². The lowest BCUT2D eigenvalue weighted by atomic mass is 10.0. The third-order valence-corrected chi connectivity index (χ3v) is 5.22. The maximum absolute atomic E-state index is 12.9. The number of halogens is 1. The molecule has 0 spiro atoms. The zero-order chi connectivity index (χ0) is 16.3. The number of nitrogens with one attached hydrogen (secondary N) is 1. The highest BCUT2D eigenvalue weighted by Crippen LogP contribution is 2.19. The van der Waals surface area contributed by atoms with E-state index in [9.17, 15) is 12.8 Å². The molecule has 118 valence electrons. The van der Waals surface area contributed by atoms with Crippen LogP contribution in [-0.2, 0) is 10.0 Å². The number of aryl methyl sites for hydroxylation is 2. The van der Waals surface area contributed by atoms with E-state index in [1.807, 2.05) is 19.9 Å². The summed E-state index contributed by atoms with van der Waals surface area (Å²) >= 11 is 0. The van der Waals surface area contributed by atoms with Gasteiger partial charge in [0, 0.05) is 6.54 Å². The molecule has 0 fully saturated rings. The van der Waals surface area contributed by atoms with Gasteiger partial charge in [0.05, 0.1) is 4.90 Å². The summed E-state index contributed by atoms with van der Waals surface area (Å²) in [5, 5.41) is 0. The van der Waals surface area contributed by atoms with E-state index < -0.39 is 10.0 Å². The van der Waals surface area contributed by atoms with Gasteiger partial charge in [-0.1, -0.05) is 36.8 Å².